The highest BCUT2D eigenvalue weighted by atomic mass is 35.5. The third-order valence-corrected chi connectivity index (χ3v) is 6.12. The van der Waals surface area contributed by atoms with Crippen molar-refractivity contribution in [2.24, 2.45) is 11.7 Å². The van der Waals surface area contributed by atoms with E-state index in [-0.39, 0.29) is 21.5 Å². The van der Waals surface area contributed by atoms with Crippen molar-refractivity contribution in [3.63, 3.8) is 0 Å². The molecule has 1 amide bonds. The molecule has 20 heavy (non-hydrogen) atoms. The molecule has 1 aromatic carbocycles. The molecule has 1 aliphatic heterocycles. The smallest absolute Gasteiger partial charge is 0.246 e. The van der Waals surface area contributed by atoms with E-state index in [9.17, 15) is 13.2 Å². The molecule has 0 aliphatic carbocycles. The molecule has 0 spiro atoms. The van der Waals surface area contributed by atoms with E-state index in [0.29, 0.717) is 19.4 Å². The second-order valence-electron chi connectivity index (χ2n) is 4.66. The zero-order valence-corrected chi connectivity index (χ0v) is 12.9. The standard InChI is InChI=1S/C12H14Cl2N2O3S/c13-9-4-1-5-10(14)11(9)20(18,19)16-6-2-3-8(7-16)12(15)17/h1,4-5,8H,2-3,6-7H2,(H2,15,17)/t8-/m0/s1. The Labute approximate surface area is 127 Å². The molecule has 0 aromatic heterocycles. The molecule has 1 aromatic rings. The highest BCUT2D eigenvalue weighted by Gasteiger charge is 2.34. The van der Waals surface area contributed by atoms with Gasteiger partial charge in [0.15, 0.2) is 0 Å². The molecule has 1 saturated heterocycles. The molecule has 1 atom stereocenters. The summed E-state index contributed by atoms with van der Waals surface area (Å²) < 4.78 is 26.4. The van der Waals surface area contributed by atoms with Crippen LogP contribution in [0.4, 0.5) is 0 Å². The van der Waals surface area contributed by atoms with Gasteiger partial charge in [-0.15, -0.1) is 0 Å². The highest BCUT2D eigenvalue weighted by Crippen LogP contribution is 2.33. The maximum absolute atomic E-state index is 12.6. The SMILES string of the molecule is NC(=O)[C@H]1CCCN(S(=O)(=O)c2c(Cl)cccc2Cl)C1. The number of amides is 1. The van der Waals surface area contributed by atoms with Crippen LogP contribution < -0.4 is 5.73 Å². The molecular weight excluding hydrogens is 323 g/mol. The molecule has 0 bridgehead atoms. The summed E-state index contributed by atoms with van der Waals surface area (Å²) in [5.41, 5.74) is 5.26. The Morgan fingerprint density at radius 2 is 1.90 bits per heavy atom. The van der Waals surface area contributed by atoms with Gasteiger partial charge >= 0.3 is 0 Å². The fraction of sp³-hybridized carbons (Fsp3) is 0.417. The third-order valence-electron chi connectivity index (χ3n) is 3.30. The predicted molar refractivity (Wildman–Crippen MR) is 77.1 cm³/mol. The minimum Gasteiger partial charge on any atom is -0.369 e. The van der Waals surface area contributed by atoms with Gasteiger partial charge in [-0.05, 0) is 25.0 Å². The topological polar surface area (TPSA) is 80.5 Å². The summed E-state index contributed by atoms with van der Waals surface area (Å²) >= 11 is 11.9. The second-order valence-corrected chi connectivity index (χ2v) is 7.34. The van der Waals surface area contributed by atoms with Crippen LogP contribution >= 0.6 is 23.2 Å². The van der Waals surface area contributed by atoms with Crippen molar-refractivity contribution in [1.82, 2.24) is 4.31 Å². The number of carbonyl (C=O) groups excluding carboxylic acids is 1. The summed E-state index contributed by atoms with van der Waals surface area (Å²) in [6, 6.07) is 4.51. The molecule has 1 fully saturated rings. The van der Waals surface area contributed by atoms with Gasteiger partial charge < -0.3 is 5.73 Å². The number of halogens is 2. The predicted octanol–water partition coefficient (Wildman–Crippen LogP) is 1.88. The Balaban J connectivity index is 2.38. The van der Waals surface area contributed by atoms with Gasteiger partial charge in [-0.3, -0.25) is 4.79 Å². The number of piperidine rings is 1. The van der Waals surface area contributed by atoms with E-state index in [1.807, 2.05) is 0 Å². The second kappa shape index (κ2) is 5.89. The fourth-order valence-electron chi connectivity index (χ4n) is 2.25. The van der Waals surface area contributed by atoms with E-state index in [1.54, 1.807) is 6.07 Å². The van der Waals surface area contributed by atoms with Gasteiger partial charge in [-0.25, -0.2) is 8.42 Å². The molecule has 5 nitrogen and oxygen atoms in total. The molecule has 2 N–H and O–H groups in total. The summed E-state index contributed by atoms with van der Waals surface area (Å²) in [4.78, 5) is 11.1. The minimum absolute atomic E-state index is 0.0682. The van der Waals surface area contributed by atoms with E-state index in [2.05, 4.69) is 0 Å². The average Bonchev–Trinajstić information content (AvgIpc) is 2.38. The number of benzene rings is 1. The van der Waals surface area contributed by atoms with Crippen LogP contribution in [0.1, 0.15) is 12.8 Å². The number of nitrogens with zero attached hydrogens (tertiary/aromatic N) is 1. The number of rotatable bonds is 3. The molecule has 1 aliphatic rings. The first-order valence-electron chi connectivity index (χ1n) is 6.07. The molecule has 0 saturated carbocycles. The van der Waals surface area contributed by atoms with Crippen LogP contribution in [0.25, 0.3) is 0 Å². The van der Waals surface area contributed by atoms with E-state index in [4.69, 9.17) is 28.9 Å². The zero-order valence-electron chi connectivity index (χ0n) is 10.6. The maximum Gasteiger partial charge on any atom is 0.246 e. The van der Waals surface area contributed by atoms with Gasteiger partial charge in [0.2, 0.25) is 15.9 Å². The lowest BCUT2D eigenvalue weighted by molar-refractivity contribution is -0.122. The van der Waals surface area contributed by atoms with Gasteiger partial charge in [0.25, 0.3) is 0 Å². The summed E-state index contributed by atoms with van der Waals surface area (Å²) in [6.07, 6.45) is 1.17. The van der Waals surface area contributed by atoms with Crippen LogP contribution in [0.3, 0.4) is 0 Å². The maximum atomic E-state index is 12.6. The molecule has 8 heteroatoms. The van der Waals surface area contributed by atoms with Crippen molar-refractivity contribution >= 4 is 39.1 Å². The van der Waals surface area contributed by atoms with Crippen LogP contribution in [-0.4, -0.2) is 31.7 Å². The lowest BCUT2D eigenvalue weighted by atomic mass is 9.99. The van der Waals surface area contributed by atoms with Crippen LogP contribution in [0.2, 0.25) is 10.0 Å². The van der Waals surface area contributed by atoms with E-state index < -0.39 is 21.8 Å². The van der Waals surface area contributed by atoms with E-state index >= 15 is 0 Å². The lowest BCUT2D eigenvalue weighted by Gasteiger charge is -2.30. The first-order valence-corrected chi connectivity index (χ1v) is 8.27. The third kappa shape index (κ3) is 2.93. The molecule has 0 radical (unpaired) electrons. The summed E-state index contributed by atoms with van der Waals surface area (Å²) in [6.45, 7) is 0.396. The van der Waals surface area contributed by atoms with Crippen molar-refractivity contribution in [3.8, 4) is 0 Å². The number of nitrogens with two attached hydrogens (primary N) is 1. The fourth-order valence-corrected chi connectivity index (χ4v) is 4.87. The van der Waals surface area contributed by atoms with Crippen LogP contribution in [0, 0.1) is 5.92 Å². The Hall–Kier alpha value is -0.820. The minimum atomic E-state index is -3.83. The first-order chi connectivity index (χ1) is 9.34. The van der Waals surface area contributed by atoms with Gasteiger partial charge in [0.1, 0.15) is 4.90 Å². The van der Waals surface area contributed by atoms with Crippen molar-refractivity contribution in [2.75, 3.05) is 13.1 Å². The van der Waals surface area contributed by atoms with Crippen LogP contribution in [0.5, 0.6) is 0 Å². The summed E-state index contributed by atoms with van der Waals surface area (Å²) in [7, 11) is -3.83. The average molecular weight is 337 g/mol. The molecule has 1 heterocycles. The first kappa shape index (κ1) is 15.6. The van der Waals surface area contributed by atoms with Gasteiger partial charge in [-0.1, -0.05) is 29.3 Å². The Kier molecular flexibility index (Phi) is 4.59. The summed E-state index contributed by atoms with van der Waals surface area (Å²) in [5.74, 6) is -0.963. The number of sulfonamides is 1. The Morgan fingerprint density at radius 3 is 2.45 bits per heavy atom. The zero-order chi connectivity index (χ0) is 14.9. The molecule has 110 valence electrons. The van der Waals surface area contributed by atoms with Crippen LogP contribution in [0.15, 0.2) is 23.1 Å². The van der Waals surface area contributed by atoms with Gasteiger partial charge in [-0.2, -0.15) is 4.31 Å². The van der Waals surface area contributed by atoms with Crippen molar-refractivity contribution in [3.05, 3.63) is 28.2 Å². The largest absolute Gasteiger partial charge is 0.369 e. The van der Waals surface area contributed by atoms with Crippen LogP contribution in [-0.2, 0) is 14.8 Å². The molecular formula is C12H14Cl2N2O3S. The highest BCUT2D eigenvalue weighted by molar-refractivity contribution is 7.89. The number of hydrogen-bond acceptors (Lipinski definition) is 3. The van der Waals surface area contributed by atoms with E-state index in [0.717, 1.165) is 0 Å². The van der Waals surface area contributed by atoms with Crippen molar-refractivity contribution in [1.29, 1.82) is 0 Å². The van der Waals surface area contributed by atoms with Crippen molar-refractivity contribution in [2.45, 2.75) is 17.7 Å². The quantitative estimate of drug-likeness (QED) is 0.914. The number of hydrogen-bond donors (Lipinski definition) is 1. The Bertz CT molecular complexity index is 613. The number of carbonyl (C=O) groups is 1. The van der Waals surface area contributed by atoms with Crippen molar-refractivity contribution < 1.29 is 13.2 Å². The van der Waals surface area contributed by atoms with Gasteiger partial charge in [0, 0.05) is 13.1 Å². The lowest BCUT2D eigenvalue weighted by Crippen LogP contribution is -2.44. The number of primary amides is 1. The molecule has 0 unspecified atom stereocenters. The monoisotopic (exact) mass is 336 g/mol. The summed E-state index contributed by atoms with van der Waals surface area (Å²) in [5, 5.41) is 0.136. The normalized spacial score (nSPS) is 20.8. The molecule has 2 rings (SSSR count). The van der Waals surface area contributed by atoms with E-state index in [1.165, 1.54) is 16.4 Å². The Morgan fingerprint density at radius 1 is 1.30 bits per heavy atom. The van der Waals surface area contributed by atoms with Gasteiger partial charge in [0.05, 0.1) is 16.0 Å².